The number of esters is 1. The molecule has 33 heavy (non-hydrogen) atoms. The number of rotatable bonds is 10. The van der Waals surface area contributed by atoms with Gasteiger partial charge in [-0.05, 0) is 45.4 Å². The van der Waals surface area contributed by atoms with Gasteiger partial charge in [-0.1, -0.05) is 25.1 Å². The number of hydrogen-bond donors (Lipinski definition) is 1. The van der Waals surface area contributed by atoms with Gasteiger partial charge in [-0.15, -0.1) is 0 Å². The predicted molar refractivity (Wildman–Crippen MR) is 127 cm³/mol. The summed E-state index contributed by atoms with van der Waals surface area (Å²) in [5.74, 6) is 0.0527. The normalized spacial score (nSPS) is 11.3. The summed E-state index contributed by atoms with van der Waals surface area (Å²) in [6.07, 6.45) is 4.26. The van der Waals surface area contributed by atoms with Crippen molar-refractivity contribution < 1.29 is 9.53 Å². The van der Waals surface area contributed by atoms with Crippen LogP contribution in [-0.4, -0.2) is 41.3 Å². The van der Waals surface area contributed by atoms with E-state index in [0.717, 1.165) is 29.8 Å². The summed E-state index contributed by atoms with van der Waals surface area (Å²) in [4.78, 5) is 53.0. The van der Waals surface area contributed by atoms with Gasteiger partial charge in [0.2, 0.25) is 0 Å². The number of imidazole rings is 1. The number of ether oxygens (including phenoxy) is 1. The Labute approximate surface area is 195 Å². The van der Waals surface area contributed by atoms with Crippen LogP contribution in [0.25, 0.3) is 11.2 Å². The summed E-state index contributed by atoms with van der Waals surface area (Å²) in [6.45, 7) is 8.55. The molecule has 0 saturated heterocycles. The van der Waals surface area contributed by atoms with Crippen molar-refractivity contribution in [2.75, 3.05) is 6.26 Å². The molecule has 0 bridgehead atoms. The molecule has 0 aliphatic rings. The van der Waals surface area contributed by atoms with E-state index in [2.05, 4.69) is 19.9 Å². The van der Waals surface area contributed by atoms with E-state index in [4.69, 9.17) is 4.74 Å². The minimum absolute atomic E-state index is 0.0807. The van der Waals surface area contributed by atoms with Crippen LogP contribution in [-0.2, 0) is 35.6 Å². The van der Waals surface area contributed by atoms with Crippen LogP contribution in [0.3, 0.4) is 0 Å². The number of hydrogen-bond acceptors (Lipinski definition) is 8. The average Bonchev–Trinajstić information content (AvgIpc) is 3.15. The van der Waals surface area contributed by atoms with Gasteiger partial charge in [0.25, 0.3) is 5.56 Å². The highest BCUT2D eigenvalue weighted by molar-refractivity contribution is 7.98. The van der Waals surface area contributed by atoms with Crippen molar-refractivity contribution in [3.8, 4) is 0 Å². The molecule has 0 amide bonds. The third-order valence-electron chi connectivity index (χ3n) is 5.54. The van der Waals surface area contributed by atoms with Crippen LogP contribution in [0, 0.1) is 13.8 Å². The molecule has 0 fully saturated rings. The lowest BCUT2D eigenvalue weighted by Gasteiger charge is -2.10. The number of aromatic amines is 1. The topological polar surface area (TPSA) is 125 Å². The van der Waals surface area contributed by atoms with Crippen molar-refractivity contribution in [2.45, 2.75) is 78.2 Å². The average molecular weight is 475 g/mol. The fourth-order valence-electron chi connectivity index (χ4n) is 3.80. The summed E-state index contributed by atoms with van der Waals surface area (Å²) < 4.78 is 8.63. The van der Waals surface area contributed by atoms with Gasteiger partial charge >= 0.3 is 11.7 Å². The highest BCUT2D eigenvalue weighted by Crippen LogP contribution is 2.18. The molecule has 11 heteroatoms. The quantitative estimate of drug-likeness (QED) is 0.270. The van der Waals surface area contributed by atoms with Crippen LogP contribution in [0.4, 0.5) is 0 Å². The summed E-state index contributed by atoms with van der Waals surface area (Å²) in [5.41, 5.74) is 2.32. The van der Waals surface area contributed by atoms with Gasteiger partial charge in [-0.3, -0.25) is 19.1 Å². The van der Waals surface area contributed by atoms with Crippen molar-refractivity contribution in [3.63, 3.8) is 0 Å². The molecule has 3 rings (SSSR count). The van der Waals surface area contributed by atoms with Crippen molar-refractivity contribution in [3.05, 3.63) is 43.6 Å². The van der Waals surface area contributed by atoms with Crippen LogP contribution in [0.15, 0.2) is 14.7 Å². The third-order valence-corrected chi connectivity index (χ3v) is 6.09. The van der Waals surface area contributed by atoms with E-state index in [1.54, 1.807) is 4.57 Å². The molecule has 0 radical (unpaired) electrons. The molecule has 10 nitrogen and oxygen atoms in total. The Morgan fingerprint density at radius 3 is 2.39 bits per heavy atom. The maximum atomic E-state index is 12.5. The fourth-order valence-corrected chi connectivity index (χ4v) is 4.25. The Bertz CT molecular complexity index is 1250. The zero-order valence-corrected chi connectivity index (χ0v) is 20.5. The van der Waals surface area contributed by atoms with Crippen LogP contribution in [0.1, 0.15) is 55.9 Å². The van der Waals surface area contributed by atoms with Crippen molar-refractivity contribution >= 4 is 28.9 Å². The lowest BCUT2D eigenvalue weighted by atomic mass is 10.1. The number of unbranched alkanes of at least 4 members (excludes halogenated alkanes) is 1. The standard InChI is InChI=1S/C22H30N6O4S/c1-6-8-11-28-19-18(20(30)26-22(28)31)27(7-2)16(25-19)12-32-17(29)10-9-15-13(3)23-21(33-5)24-14(15)4/h6-12H2,1-5H3,(H,26,30,31). The molecular formula is C22H30N6O4S. The molecule has 0 aliphatic heterocycles. The van der Waals surface area contributed by atoms with Gasteiger partial charge in [0, 0.05) is 30.9 Å². The zero-order valence-electron chi connectivity index (χ0n) is 19.7. The molecule has 0 aliphatic carbocycles. The molecule has 1 N–H and O–H groups in total. The first kappa shape index (κ1) is 24.7. The van der Waals surface area contributed by atoms with E-state index >= 15 is 0 Å². The third kappa shape index (κ3) is 5.35. The van der Waals surface area contributed by atoms with Gasteiger partial charge in [0.1, 0.15) is 12.4 Å². The van der Waals surface area contributed by atoms with Gasteiger partial charge in [-0.2, -0.15) is 0 Å². The number of aromatic nitrogens is 6. The maximum absolute atomic E-state index is 12.5. The van der Waals surface area contributed by atoms with Crippen LogP contribution in [0.2, 0.25) is 0 Å². The molecule has 0 saturated carbocycles. The highest BCUT2D eigenvalue weighted by atomic mass is 32.2. The number of carbonyl (C=O) groups is 1. The van der Waals surface area contributed by atoms with Crippen LogP contribution >= 0.6 is 11.8 Å². The molecule has 3 aromatic heterocycles. The van der Waals surface area contributed by atoms with Gasteiger partial charge in [-0.25, -0.2) is 19.7 Å². The van der Waals surface area contributed by atoms with Gasteiger partial charge in [0.15, 0.2) is 16.3 Å². The lowest BCUT2D eigenvalue weighted by molar-refractivity contribution is -0.145. The second-order valence-electron chi connectivity index (χ2n) is 7.73. The van der Waals surface area contributed by atoms with Crippen LogP contribution < -0.4 is 11.2 Å². The second kappa shape index (κ2) is 10.8. The SMILES string of the molecule is CCCCn1c(=O)[nH]c(=O)c2c1nc(COC(=O)CCc1c(C)nc(SC)nc1C)n2CC. The van der Waals surface area contributed by atoms with Gasteiger partial charge in [0.05, 0.1) is 0 Å². The fraction of sp³-hybridized carbons (Fsp3) is 0.545. The van der Waals surface area contributed by atoms with Crippen molar-refractivity contribution in [1.82, 2.24) is 29.1 Å². The van der Waals surface area contributed by atoms with E-state index in [1.165, 1.54) is 16.3 Å². The Morgan fingerprint density at radius 1 is 1.09 bits per heavy atom. The summed E-state index contributed by atoms with van der Waals surface area (Å²) in [6, 6.07) is 0. The molecule has 0 spiro atoms. The smallest absolute Gasteiger partial charge is 0.330 e. The van der Waals surface area contributed by atoms with E-state index in [9.17, 15) is 14.4 Å². The van der Waals surface area contributed by atoms with Crippen LogP contribution in [0.5, 0.6) is 0 Å². The first-order chi connectivity index (χ1) is 15.8. The van der Waals surface area contributed by atoms with E-state index in [0.29, 0.717) is 41.7 Å². The largest absolute Gasteiger partial charge is 0.457 e. The number of nitrogens with one attached hydrogen (secondary N) is 1. The molecular weight excluding hydrogens is 444 g/mol. The predicted octanol–water partition coefficient (Wildman–Crippen LogP) is 2.51. The zero-order chi connectivity index (χ0) is 24.1. The summed E-state index contributed by atoms with van der Waals surface area (Å²) in [5, 5.41) is 0.710. The van der Waals surface area contributed by atoms with E-state index in [-0.39, 0.29) is 19.0 Å². The Morgan fingerprint density at radius 2 is 1.79 bits per heavy atom. The monoisotopic (exact) mass is 474 g/mol. The molecule has 0 atom stereocenters. The number of aryl methyl sites for hydroxylation is 4. The minimum Gasteiger partial charge on any atom is -0.457 e. The molecule has 178 valence electrons. The highest BCUT2D eigenvalue weighted by Gasteiger charge is 2.19. The number of thioether (sulfide) groups is 1. The van der Waals surface area contributed by atoms with E-state index < -0.39 is 11.2 Å². The summed E-state index contributed by atoms with van der Waals surface area (Å²) in [7, 11) is 0. The molecule has 3 aromatic rings. The first-order valence-electron chi connectivity index (χ1n) is 11.1. The van der Waals surface area contributed by atoms with Gasteiger partial charge < -0.3 is 9.30 Å². The Hall–Kier alpha value is -2.95. The first-order valence-corrected chi connectivity index (χ1v) is 12.3. The van der Waals surface area contributed by atoms with Crippen molar-refractivity contribution in [1.29, 1.82) is 0 Å². The molecule has 0 unspecified atom stereocenters. The lowest BCUT2D eigenvalue weighted by Crippen LogP contribution is -2.31. The molecule has 3 heterocycles. The number of fused-ring (bicyclic) bond motifs is 1. The minimum atomic E-state index is -0.491. The number of nitrogens with zero attached hydrogens (tertiary/aromatic N) is 5. The molecule has 0 aromatic carbocycles. The summed E-state index contributed by atoms with van der Waals surface area (Å²) >= 11 is 1.48. The Balaban J connectivity index is 1.77. The number of H-pyrrole nitrogens is 1. The van der Waals surface area contributed by atoms with E-state index in [1.807, 2.05) is 34.0 Å². The second-order valence-corrected chi connectivity index (χ2v) is 8.50. The maximum Gasteiger partial charge on any atom is 0.330 e. The Kier molecular flexibility index (Phi) is 8.06. The van der Waals surface area contributed by atoms with Crippen molar-refractivity contribution in [2.24, 2.45) is 0 Å². The number of carbonyl (C=O) groups excluding carboxylic acids is 1.